The fraction of sp³-hybridized carbons (Fsp3) is 0.208. The Bertz CT molecular complexity index is 1660. The Hall–Kier alpha value is -4.07. The number of fused-ring (bicyclic) bond motifs is 2. The van der Waals surface area contributed by atoms with E-state index in [9.17, 15) is 37.7 Å². The molecule has 5 aromatic rings. The predicted octanol–water partition coefficient (Wildman–Crippen LogP) is 2.35. The van der Waals surface area contributed by atoms with Gasteiger partial charge >= 0.3 is 6.18 Å². The normalized spacial score (nSPS) is 14.8. The highest BCUT2D eigenvalue weighted by Crippen LogP contribution is 2.47. The zero-order chi connectivity index (χ0) is 26.5. The smallest absolute Gasteiger partial charge is 0.394 e. The number of aromatic nitrogens is 5. The molecule has 3 heterocycles. The number of H-pyrrole nitrogens is 1. The molecule has 0 aliphatic heterocycles. The van der Waals surface area contributed by atoms with Crippen LogP contribution in [0.3, 0.4) is 0 Å². The molecule has 0 fully saturated rings. The average Bonchev–Trinajstić information content (AvgIpc) is 3.45. The number of nitrogens with zero attached hydrogens (tertiary/aromatic N) is 4. The van der Waals surface area contributed by atoms with Crippen molar-refractivity contribution in [2.24, 2.45) is 0 Å². The zero-order valence-corrected chi connectivity index (χ0v) is 18.8. The van der Waals surface area contributed by atoms with Crippen molar-refractivity contribution in [2.75, 3.05) is 6.61 Å². The minimum Gasteiger partial charge on any atom is -0.394 e. The van der Waals surface area contributed by atoms with Crippen LogP contribution >= 0.6 is 0 Å². The second-order valence-corrected chi connectivity index (χ2v) is 8.47. The Morgan fingerprint density at radius 2 is 1.84 bits per heavy atom. The van der Waals surface area contributed by atoms with E-state index in [1.54, 1.807) is 0 Å². The molecular formula is C24H19F4N5O4. The molecule has 0 amide bonds. The van der Waals surface area contributed by atoms with E-state index in [2.05, 4.69) is 15.1 Å². The highest BCUT2D eigenvalue weighted by atomic mass is 19.4. The number of alkyl halides is 3. The van der Waals surface area contributed by atoms with Crippen LogP contribution in [0.25, 0.3) is 27.6 Å². The van der Waals surface area contributed by atoms with Crippen LogP contribution in [0, 0.1) is 5.82 Å². The van der Waals surface area contributed by atoms with Gasteiger partial charge in [0.25, 0.3) is 5.56 Å². The van der Waals surface area contributed by atoms with Crippen molar-refractivity contribution in [3.8, 4) is 5.69 Å². The van der Waals surface area contributed by atoms with Crippen molar-refractivity contribution in [2.45, 2.75) is 24.4 Å². The number of aromatic amines is 1. The lowest BCUT2D eigenvalue weighted by molar-refractivity contribution is -0.247. The molecule has 0 aliphatic rings. The number of rotatable bonds is 6. The molecule has 5 rings (SSSR count). The van der Waals surface area contributed by atoms with Gasteiger partial charge in [0, 0.05) is 17.1 Å². The molecule has 0 saturated carbocycles. The van der Waals surface area contributed by atoms with E-state index in [1.165, 1.54) is 41.2 Å². The Morgan fingerprint density at radius 1 is 1.11 bits per heavy atom. The van der Waals surface area contributed by atoms with Gasteiger partial charge in [-0.05, 0) is 42.0 Å². The van der Waals surface area contributed by atoms with Gasteiger partial charge in [-0.2, -0.15) is 18.3 Å². The van der Waals surface area contributed by atoms with E-state index in [0.717, 1.165) is 29.2 Å². The molecule has 3 aromatic heterocycles. The first-order valence-corrected chi connectivity index (χ1v) is 10.9. The number of hydrogen-bond acceptors (Lipinski definition) is 6. The van der Waals surface area contributed by atoms with Crippen LogP contribution in [0.15, 0.2) is 66.0 Å². The largest absolute Gasteiger partial charge is 0.425 e. The van der Waals surface area contributed by atoms with E-state index >= 15 is 0 Å². The first kappa shape index (κ1) is 24.6. The van der Waals surface area contributed by atoms with Crippen LogP contribution in [0.4, 0.5) is 17.6 Å². The fourth-order valence-corrected chi connectivity index (χ4v) is 4.35. The van der Waals surface area contributed by atoms with Crippen LogP contribution in [0.1, 0.15) is 11.1 Å². The van der Waals surface area contributed by atoms with E-state index in [0.29, 0.717) is 11.2 Å². The van der Waals surface area contributed by atoms with Crippen molar-refractivity contribution in [1.29, 1.82) is 0 Å². The number of hydrogen-bond donors (Lipinski definition) is 4. The summed E-state index contributed by atoms with van der Waals surface area (Å²) in [5, 5.41) is 34.8. The van der Waals surface area contributed by atoms with Gasteiger partial charge in [0.15, 0.2) is 0 Å². The first-order chi connectivity index (χ1) is 17.5. The molecule has 2 atom stereocenters. The Balaban J connectivity index is 1.71. The molecular weight excluding hydrogens is 498 g/mol. The summed E-state index contributed by atoms with van der Waals surface area (Å²) in [5.41, 5.74) is -5.53. The molecule has 0 aliphatic carbocycles. The number of aliphatic hydroxyl groups is 3. The number of aliphatic hydroxyl groups excluding tert-OH is 2. The molecule has 2 aromatic carbocycles. The highest BCUT2D eigenvalue weighted by molar-refractivity contribution is 5.84. The van der Waals surface area contributed by atoms with Crippen molar-refractivity contribution < 1.29 is 32.9 Å². The minimum absolute atomic E-state index is 0.259. The van der Waals surface area contributed by atoms with Crippen LogP contribution in [0.5, 0.6) is 0 Å². The lowest BCUT2D eigenvalue weighted by Gasteiger charge is -2.30. The SMILES string of the molecule is O=c1[nH]cnc2c(C(O)(c3ccc4c(cnn4-c4ccc(F)cc4)c3)C(F)(F)F)cn(CC(O)CO)c12. The Kier molecular flexibility index (Phi) is 5.85. The van der Waals surface area contributed by atoms with Gasteiger partial charge in [-0.25, -0.2) is 14.1 Å². The van der Waals surface area contributed by atoms with Crippen LogP contribution in [-0.4, -0.2) is 58.5 Å². The van der Waals surface area contributed by atoms with Crippen LogP contribution in [0.2, 0.25) is 0 Å². The predicted molar refractivity (Wildman–Crippen MR) is 124 cm³/mol. The fourth-order valence-electron chi connectivity index (χ4n) is 4.35. The van der Waals surface area contributed by atoms with E-state index < -0.39 is 59.1 Å². The second-order valence-electron chi connectivity index (χ2n) is 8.47. The quantitative estimate of drug-likeness (QED) is 0.256. The standard InChI is InChI=1S/C24H19F4N5O4/c25-15-2-4-16(5-3-15)33-19-6-1-14(7-13(19)8-31-33)23(37,24(26,27)28)18-10-32(9-17(35)11-34)21-20(18)29-12-30-22(21)36/h1-8,10,12,17,34-35,37H,9,11H2,(H,29,30,36). The summed E-state index contributed by atoms with van der Waals surface area (Å²) < 4.78 is 59.6. The summed E-state index contributed by atoms with van der Waals surface area (Å²) in [6, 6.07) is 8.90. The molecule has 0 saturated heterocycles. The van der Waals surface area contributed by atoms with Crippen LogP contribution in [-0.2, 0) is 12.1 Å². The van der Waals surface area contributed by atoms with Crippen molar-refractivity contribution in [3.63, 3.8) is 0 Å². The maximum atomic E-state index is 14.6. The summed E-state index contributed by atoms with van der Waals surface area (Å²) >= 11 is 0. The van der Waals surface area contributed by atoms with Crippen molar-refractivity contribution in [3.05, 3.63) is 88.5 Å². The van der Waals surface area contributed by atoms with Gasteiger partial charge in [-0.15, -0.1) is 0 Å². The van der Waals surface area contributed by atoms with Gasteiger partial charge in [0.05, 0.1) is 43.0 Å². The molecule has 0 radical (unpaired) electrons. The third-order valence-electron chi connectivity index (χ3n) is 6.13. The van der Waals surface area contributed by atoms with Gasteiger partial charge in [-0.1, -0.05) is 6.07 Å². The number of halogens is 4. The monoisotopic (exact) mass is 517 g/mol. The maximum Gasteiger partial charge on any atom is 0.425 e. The topological polar surface area (TPSA) is 129 Å². The van der Waals surface area contributed by atoms with Crippen LogP contribution < -0.4 is 5.56 Å². The summed E-state index contributed by atoms with van der Waals surface area (Å²) in [6.07, 6.45) is -3.52. The van der Waals surface area contributed by atoms with Gasteiger partial charge in [-0.3, -0.25) is 4.79 Å². The number of benzene rings is 2. The highest BCUT2D eigenvalue weighted by Gasteiger charge is 2.58. The first-order valence-electron chi connectivity index (χ1n) is 10.9. The zero-order valence-electron chi connectivity index (χ0n) is 18.8. The third-order valence-corrected chi connectivity index (χ3v) is 6.13. The number of nitrogens with one attached hydrogen (secondary N) is 1. The van der Waals surface area contributed by atoms with Crippen molar-refractivity contribution in [1.82, 2.24) is 24.3 Å². The summed E-state index contributed by atoms with van der Waals surface area (Å²) in [4.78, 5) is 18.6. The molecule has 37 heavy (non-hydrogen) atoms. The molecule has 13 heteroatoms. The third kappa shape index (κ3) is 3.97. The summed E-state index contributed by atoms with van der Waals surface area (Å²) in [5.74, 6) is -0.462. The summed E-state index contributed by atoms with van der Waals surface area (Å²) in [6.45, 7) is -1.12. The molecule has 192 valence electrons. The average molecular weight is 517 g/mol. The van der Waals surface area contributed by atoms with Crippen molar-refractivity contribution >= 4 is 21.9 Å². The molecule has 0 bridgehead atoms. The van der Waals surface area contributed by atoms with E-state index in [-0.39, 0.29) is 10.9 Å². The molecule has 4 N–H and O–H groups in total. The molecule has 2 unspecified atom stereocenters. The Labute approximate surface area is 204 Å². The Morgan fingerprint density at radius 3 is 2.51 bits per heavy atom. The lowest BCUT2D eigenvalue weighted by atomic mass is 9.86. The van der Waals surface area contributed by atoms with Gasteiger partial charge < -0.3 is 24.9 Å². The summed E-state index contributed by atoms with van der Waals surface area (Å²) in [7, 11) is 0. The van der Waals surface area contributed by atoms with Gasteiger partial charge in [0.1, 0.15) is 16.9 Å². The van der Waals surface area contributed by atoms with E-state index in [1.807, 2.05) is 0 Å². The molecule has 9 nitrogen and oxygen atoms in total. The maximum absolute atomic E-state index is 14.6. The van der Waals surface area contributed by atoms with Gasteiger partial charge in [0.2, 0.25) is 5.60 Å². The van der Waals surface area contributed by atoms with E-state index in [4.69, 9.17) is 0 Å². The minimum atomic E-state index is -5.26. The lowest BCUT2D eigenvalue weighted by Crippen LogP contribution is -2.43. The molecule has 0 spiro atoms. The second kappa shape index (κ2) is 8.80.